The van der Waals surface area contributed by atoms with Crippen LogP contribution in [0.25, 0.3) is 0 Å². The van der Waals surface area contributed by atoms with E-state index in [1.165, 1.54) is 0 Å². The van der Waals surface area contributed by atoms with Gasteiger partial charge in [0, 0.05) is 13.0 Å². The molecule has 0 radical (unpaired) electrons. The van der Waals surface area contributed by atoms with Crippen LogP contribution in [0, 0.1) is 12.3 Å². The molecule has 0 heterocycles. The summed E-state index contributed by atoms with van der Waals surface area (Å²) in [5, 5.41) is 11.0. The second-order valence-electron chi connectivity index (χ2n) is 3.26. The Kier molecular flexibility index (Phi) is 6.94. The molecule has 0 atom stereocenters. The summed E-state index contributed by atoms with van der Waals surface area (Å²) < 4.78 is 0. The molecule has 0 aromatic carbocycles. The fraction of sp³-hybridized carbons (Fsp3) is 0.500. The molecule has 0 aliphatic heterocycles. The van der Waals surface area contributed by atoms with E-state index in [0.717, 1.165) is 4.90 Å². The second-order valence-corrected chi connectivity index (χ2v) is 3.26. The maximum absolute atomic E-state index is 11.5. The van der Waals surface area contributed by atoms with E-state index in [2.05, 4.69) is 11.2 Å². The molecular weight excluding hydrogens is 226 g/mol. The highest BCUT2D eigenvalue weighted by molar-refractivity contribution is 5.85. The van der Waals surface area contributed by atoms with Crippen molar-refractivity contribution in [3.8, 4) is 12.3 Å². The maximum atomic E-state index is 11.5. The quantitative estimate of drug-likeness (QED) is 0.391. The lowest BCUT2D eigenvalue weighted by molar-refractivity contribution is -0.137. The fourth-order valence-electron chi connectivity index (χ4n) is 1.05. The van der Waals surface area contributed by atoms with E-state index in [9.17, 15) is 14.4 Å². The number of hydrogen-bond donors (Lipinski definition) is 3. The van der Waals surface area contributed by atoms with Gasteiger partial charge in [-0.2, -0.15) is 0 Å². The van der Waals surface area contributed by atoms with Crippen molar-refractivity contribution in [3.63, 3.8) is 0 Å². The predicted molar refractivity (Wildman–Crippen MR) is 59.9 cm³/mol. The Morgan fingerprint density at radius 1 is 1.35 bits per heavy atom. The SMILES string of the molecule is C#CCCCNC(=O)N(CC(N)=O)CC(=O)O. The van der Waals surface area contributed by atoms with E-state index >= 15 is 0 Å². The Hall–Kier alpha value is -2.23. The van der Waals surface area contributed by atoms with E-state index in [1.54, 1.807) is 0 Å². The zero-order valence-corrected chi connectivity index (χ0v) is 9.31. The summed E-state index contributed by atoms with van der Waals surface area (Å²) in [5.41, 5.74) is 4.90. The first-order valence-corrected chi connectivity index (χ1v) is 4.93. The van der Waals surface area contributed by atoms with Gasteiger partial charge in [0.25, 0.3) is 0 Å². The number of urea groups is 1. The molecule has 0 rings (SSSR count). The Morgan fingerprint density at radius 3 is 2.47 bits per heavy atom. The Balaban J connectivity index is 4.18. The van der Waals surface area contributed by atoms with Crippen molar-refractivity contribution in [2.24, 2.45) is 5.73 Å². The van der Waals surface area contributed by atoms with Crippen molar-refractivity contribution in [3.05, 3.63) is 0 Å². The number of terminal acetylenes is 1. The van der Waals surface area contributed by atoms with Crippen molar-refractivity contribution in [2.75, 3.05) is 19.6 Å². The summed E-state index contributed by atoms with van der Waals surface area (Å²) in [4.78, 5) is 33.4. The molecule has 0 unspecified atom stereocenters. The molecule has 94 valence electrons. The summed E-state index contributed by atoms with van der Waals surface area (Å²) in [5.74, 6) is 0.411. The summed E-state index contributed by atoms with van der Waals surface area (Å²) >= 11 is 0. The third-order valence-corrected chi connectivity index (χ3v) is 1.73. The molecule has 0 saturated carbocycles. The number of carboxylic acids is 1. The molecule has 0 saturated heterocycles. The van der Waals surface area contributed by atoms with E-state index in [4.69, 9.17) is 17.3 Å². The zero-order chi connectivity index (χ0) is 13.3. The molecule has 3 amide bonds. The number of aliphatic carboxylic acids is 1. The predicted octanol–water partition coefficient (Wildman–Crippen LogP) is -1.02. The van der Waals surface area contributed by atoms with Crippen molar-refractivity contribution in [1.82, 2.24) is 10.2 Å². The van der Waals surface area contributed by atoms with Gasteiger partial charge in [-0.25, -0.2) is 4.79 Å². The largest absolute Gasteiger partial charge is 0.480 e. The fourth-order valence-corrected chi connectivity index (χ4v) is 1.05. The number of nitrogens with two attached hydrogens (primary N) is 1. The second kappa shape index (κ2) is 7.98. The topological polar surface area (TPSA) is 113 Å². The average Bonchev–Trinajstić information content (AvgIpc) is 2.22. The van der Waals surface area contributed by atoms with Gasteiger partial charge in [0.1, 0.15) is 13.1 Å². The number of primary amides is 1. The number of carbonyl (C=O) groups excluding carboxylic acids is 2. The van der Waals surface area contributed by atoms with E-state index in [-0.39, 0.29) is 0 Å². The molecule has 17 heavy (non-hydrogen) atoms. The number of carbonyl (C=O) groups is 3. The Bertz CT molecular complexity index is 319. The van der Waals surface area contributed by atoms with Crippen LogP contribution in [0.4, 0.5) is 4.79 Å². The number of nitrogens with one attached hydrogen (secondary N) is 1. The number of nitrogens with zero attached hydrogens (tertiary/aromatic N) is 1. The summed E-state index contributed by atoms with van der Waals surface area (Å²) in [6, 6.07) is -0.650. The third kappa shape index (κ3) is 7.67. The first-order valence-electron chi connectivity index (χ1n) is 4.93. The molecular formula is C10H15N3O4. The molecule has 0 aromatic rings. The smallest absolute Gasteiger partial charge is 0.323 e. The van der Waals surface area contributed by atoms with Crippen LogP contribution in [0.15, 0.2) is 0 Å². The summed E-state index contributed by atoms with van der Waals surface area (Å²) in [6.45, 7) is -0.699. The molecule has 7 nitrogen and oxygen atoms in total. The molecule has 0 fully saturated rings. The lowest BCUT2D eigenvalue weighted by Gasteiger charge is -2.19. The number of amides is 3. The van der Waals surface area contributed by atoms with E-state index < -0.39 is 31.0 Å². The van der Waals surface area contributed by atoms with Crippen LogP contribution in [0.1, 0.15) is 12.8 Å². The van der Waals surface area contributed by atoms with Gasteiger partial charge in [-0.15, -0.1) is 12.3 Å². The molecule has 7 heteroatoms. The van der Waals surface area contributed by atoms with Crippen LogP contribution >= 0.6 is 0 Å². The summed E-state index contributed by atoms with van der Waals surface area (Å²) in [7, 11) is 0. The van der Waals surface area contributed by atoms with Gasteiger partial charge in [0.2, 0.25) is 5.91 Å². The van der Waals surface area contributed by atoms with Gasteiger partial charge in [0.15, 0.2) is 0 Å². The van der Waals surface area contributed by atoms with Crippen molar-refractivity contribution in [2.45, 2.75) is 12.8 Å². The standard InChI is InChI=1S/C10H15N3O4/c1-2-3-4-5-12-10(17)13(6-8(11)14)7-9(15)16/h1H,3-7H2,(H2,11,14)(H,12,17)(H,15,16). The van der Waals surface area contributed by atoms with Crippen LogP contribution < -0.4 is 11.1 Å². The van der Waals surface area contributed by atoms with Crippen LogP contribution in [0.5, 0.6) is 0 Å². The van der Waals surface area contributed by atoms with Crippen LogP contribution in [0.3, 0.4) is 0 Å². The van der Waals surface area contributed by atoms with Gasteiger partial charge in [-0.3, -0.25) is 9.59 Å². The first-order chi connectivity index (χ1) is 7.97. The molecule has 0 spiro atoms. The van der Waals surface area contributed by atoms with Crippen LogP contribution in [-0.2, 0) is 9.59 Å². The van der Waals surface area contributed by atoms with Gasteiger partial charge in [-0.05, 0) is 6.42 Å². The third-order valence-electron chi connectivity index (χ3n) is 1.73. The minimum absolute atomic E-state index is 0.317. The van der Waals surface area contributed by atoms with Crippen molar-refractivity contribution < 1.29 is 19.5 Å². The highest BCUT2D eigenvalue weighted by Crippen LogP contribution is 1.91. The first kappa shape index (κ1) is 14.8. The van der Waals surface area contributed by atoms with Gasteiger partial charge >= 0.3 is 12.0 Å². The zero-order valence-electron chi connectivity index (χ0n) is 9.31. The monoisotopic (exact) mass is 241 g/mol. The minimum Gasteiger partial charge on any atom is -0.480 e. The number of hydrogen-bond acceptors (Lipinski definition) is 3. The molecule has 4 N–H and O–H groups in total. The minimum atomic E-state index is -1.22. The van der Waals surface area contributed by atoms with Gasteiger partial charge in [-0.1, -0.05) is 0 Å². The number of carboxylic acid groups (broad SMARTS) is 1. The van der Waals surface area contributed by atoms with Gasteiger partial charge in [0.05, 0.1) is 0 Å². The molecule has 0 bridgehead atoms. The summed E-state index contributed by atoms with van der Waals surface area (Å²) in [6.07, 6.45) is 6.12. The van der Waals surface area contributed by atoms with E-state index in [1.807, 2.05) is 0 Å². The average molecular weight is 241 g/mol. The van der Waals surface area contributed by atoms with Crippen molar-refractivity contribution in [1.29, 1.82) is 0 Å². The molecule has 0 aromatic heterocycles. The molecule has 0 aliphatic rings. The maximum Gasteiger partial charge on any atom is 0.323 e. The van der Waals surface area contributed by atoms with Crippen LogP contribution in [0.2, 0.25) is 0 Å². The normalized spacial score (nSPS) is 9.12. The lowest BCUT2D eigenvalue weighted by Crippen LogP contribution is -2.46. The Morgan fingerprint density at radius 2 is 2.00 bits per heavy atom. The van der Waals surface area contributed by atoms with Crippen LogP contribution in [-0.4, -0.2) is 47.5 Å². The van der Waals surface area contributed by atoms with Crippen molar-refractivity contribution >= 4 is 17.9 Å². The highest BCUT2D eigenvalue weighted by atomic mass is 16.4. The molecule has 0 aliphatic carbocycles. The number of unbranched alkanes of at least 4 members (excludes halogenated alkanes) is 1. The number of rotatable bonds is 7. The van der Waals surface area contributed by atoms with E-state index in [0.29, 0.717) is 19.4 Å². The highest BCUT2D eigenvalue weighted by Gasteiger charge is 2.17. The Labute approximate surface area is 99.0 Å². The lowest BCUT2D eigenvalue weighted by atomic mass is 10.3. The van der Waals surface area contributed by atoms with Gasteiger partial charge < -0.3 is 21.1 Å².